The predicted molar refractivity (Wildman–Crippen MR) is 83.5 cm³/mol. The maximum absolute atomic E-state index is 12.0. The van der Waals surface area contributed by atoms with E-state index in [4.69, 9.17) is 10.2 Å². The van der Waals surface area contributed by atoms with E-state index in [0.717, 1.165) is 6.42 Å². The maximum atomic E-state index is 12.0. The van der Waals surface area contributed by atoms with Gasteiger partial charge in [0.15, 0.2) is 0 Å². The second kappa shape index (κ2) is 9.57. The molecule has 1 aliphatic rings. The second-order valence-electron chi connectivity index (χ2n) is 5.65. The fourth-order valence-corrected chi connectivity index (χ4v) is 2.21. The first-order valence-corrected chi connectivity index (χ1v) is 7.76. The average molecular weight is 358 g/mol. The highest BCUT2D eigenvalue weighted by atomic mass is 16.4. The highest BCUT2D eigenvalue weighted by Gasteiger charge is 2.29. The average Bonchev–Trinajstić information content (AvgIpc) is 3.05. The highest BCUT2D eigenvalue weighted by molar-refractivity contribution is 5.94. The van der Waals surface area contributed by atoms with Crippen molar-refractivity contribution in [3.8, 4) is 0 Å². The Morgan fingerprint density at radius 3 is 2.36 bits per heavy atom. The Labute approximate surface area is 143 Å². The van der Waals surface area contributed by atoms with Crippen LogP contribution in [0.15, 0.2) is 0 Å². The van der Waals surface area contributed by atoms with Crippen molar-refractivity contribution < 1.29 is 34.2 Å². The van der Waals surface area contributed by atoms with E-state index in [0.29, 0.717) is 13.0 Å². The van der Waals surface area contributed by atoms with Crippen LogP contribution in [0, 0.1) is 0 Å². The molecule has 25 heavy (non-hydrogen) atoms. The Hall–Kier alpha value is -2.69. The van der Waals surface area contributed by atoms with E-state index < -0.39 is 60.8 Å². The zero-order valence-corrected chi connectivity index (χ0v) is 13.7. The fourth-order valence-electron chi connectivity index (χ4n) is 2.21. The summed E-state index contributed by atoms with van der Waals surface area (Å²) >= 11 is 0. The molecule has 3 unspecified atom stereocenters. The van der Waals surface area contributed by atoms with Gasteiger partial charge in [-0.3, -0.25) is 24.0 Å². The number of carbonyl (C=O) groups excluding carboxylic acids is 3. The number of nitrogens with one attached hydrogen (secondary N) is 4. The standard InChI is InChI=1S/C14H22N4O7/c1-7(14(24)25)17-10(19)6-16-12(22)9(5-11(20)21)18-13(23)8-3-2-4-15-8/h7-9,15H,2-6H2,1H3,(H,16,22)(H,17,19)(H,18,23)(H,20,21)(H,24,25). The van der Waals surface area contributed by atoms with E-state index in [1.807, 2.05) is 0 Å². The van der Waals surface area contributed by atoms with Crippen LogP contribution in [0.3, 0.4) is 0 Å². The van der Waals surface area contributed by atoms with E-state index in [1.165, 1.54) is 6.92 Å². The number of carboxylic acids is 2. The van der Waals surface area contributed by atoms with Gasteiger partial charge in [0.2, 0.25) is 17.7 Å². The molecule has 1 fully saturated rings. The largest absolute Gasteiger partial charge is 0.481 e. The van der Waals surface area contributed by atoms with Gasteiger partial charge in [0.1, 0.15) is 12.1 Å². The van der Waals surface area contributed by atoms with Crippen molar-refractivity contribution in [1.82, 2.24) is 21.3 Å². The third-order valence-corrected chi connectivity index (χ3v) is 3.56. The van der Waals surface area contributed by atoms with Crippen molar-refractivity contribution in [2.24, 2.45) is 0 Å². The van der Waals surface area contributed by atoms with Gasteiger partial charge in [0, 0.05) is 0 Å². The smallest absolute Gasteiger partial charge is 0.325 e. The lowest BCUT2D eigenvalue weighted by Crippen LogP contribution is -2.53. The summed E-state index contributed by atoms with van der Waals surface area (Å²) < 4.78 is 0. The molecule has 0 aromatic rings. The number of hydrogen-bond donors (Lipinski definition) is 6. The van der Waals surface area contributed by atoms with Crippen LogP contribution in [0.2, 0.25) is 0 Å². The molecule has 1 rings (SSSR count). The summed E-state index contributed by atoms with van der Waals surface area (Å²) in [5.74, 6) is -4.60. The van der Waals surface area contributed by atoms with E-state index in [9.17, 15) is 24.0 Å². The first kappa shape index (κ1) is 20.4. The zero-order chi connectivity index (χ0) is 19.0. The summed E-state index contributed by atoms with van der Waals surface area (Å²) in [4.78, 5) is 57.1. The van der Waals surface area contributed by atoms with Crippen LogP contribution >= 0.6 is 0 Å². The molecule has 0 aliphatic carbocycles. The van der Waals surface area contributed by atoms with Gasteiger partial charge < -0.3 is 31.5 Å². The van der Waals surface area contributed by atoms with E-state index in [1.54, 1.807) is 0 Å². The lowest BCUT2D eigenvalue weighted by Gasteiger charge is -2.19. The molecule has 3 amide bonds. The molecule has 1 aliphatic heterocycles. The molecule has 6 N–H and O–H groups in total. The summed E-state index contributed by atoms with van der Waals surface area (Å²) in [6, 6.07) is -2.95. The molecule has 11 heteroatoms. The predicted octanol–water partition coefficient (Wildman–Crippen LogP) is -2.60. The molecule has 140 valence electrons. The van der Waals surface area contributed by atoms with Gasteiger partial charge in [0.05, 0.1) is 19.0 Å². The molecule has 0 radical (unpaired) electrons. The third-order valence-electron chi connectivity index (χ3n) is 3.56. The quantitative estimate of drug-likeness (QED) is 0.260. The Balaban J connectivity index is 2.54. The minimum Gasteiger partial charge on any atom is -0.481 e. The first-order chi connectivity index (χ1) is 11.7. The molecule has 1 saturated heterocycles. The molecular formula is C14H22N4O7. The normalized spacial score (nSPS) is 18.7. The Kier molecular flexibility index (Phi) is 7.79. The Morgan fingerprint density at radius 1 is 1.16 bits per heavy atom. The molecular weight excluding hydrogens is 336 g/mol. The number of hydrogen-bond acceptors (Lipinski definition) is 6. The molecule has 0 saturated carbocycles. The highest BCUT2D eigenvalue weighted by Crippen LogP contribution is 2.05. The van der Waals surface area contributed by atoms with Gasteiger partial charge in [-0.05, 0) is 26.3 Å². The second-order valence-corrected chi connectivity index (χ2v) is 5.65. The molecule has 1 heterocycles. The summed E-state index contributed by atoms with van der Waals surface area (Å²) in [5, 5.41) is 27.2. The maximum Gasteiger partial charge on any atom is 0.325 e. The summed E-state index contributed by atoms with van der Waals surface area (Å²) in [5.41, 5.74) is 0. The first-order valence-electron chi connectivity index (χ1n) is 7.76. The summed E-state index contributed by atoms with van der Waals surface area (Å²) in [6.45, 7) is 1.38. The summed E-state index contributed by atoms with van der Waals surface area (Å²) in [7, 11) is 0. The number of carboxylic acid groups (broad SMARTS) is 2. The van der Waals surface area contributed by atoms with Crippen LogP contribution in [-0.2, 0) is 24.0 Å². The van der Waals surface area contributed by atoms with Crippen LogP contribution in [0.5, 0.6) is 0 Å². The van der Waals surface area contributed by atoms with E-state index in [-0.39, 0.29) is 0 Å². The Morgan fingerprint density at radius 2 is 1.84 bits per heavy atom. The van der Waals surface area contributed by atoms with Crippen molar-refractivity contribution in [3.63, 3.8) is 0 Å². The molecule has 0 aromatic carbocycles. The van der Waals surface area contributed by atoms with Gasteiger partial charge in [-0.25, -0.2) is 0 Å². The van der Waals surface area contributed by atoms with Gasteiger partial charge in [-0.1, -0.05) is 0 Å². The van der Waals surface area contributed by atoms with Gasteiger partial charge in [-0.2, -0.15) is 0 Å². The minimum absolute atomic E-state index is 0.483. The third kappa shape index (κ3) is 7.16. The molecule has 0 aromatic heterocycles. The van der Waals surface area contributed by atoms with Crippen LogP contribution in [0.4, 0.5) is 0 Å². The minimum atomic E-state index is -1.34. The van der Waals surface area contributed by atoms with Crippen molar-refractivity contribution in [3.05, 3.63) is 0 Å². The van der Waals surface area contributed by atoms with Crippen molar-refractivity contribution in [1.29, 1.82) is 0 Å². The van der Waals surface area contributed by atoms with Gasteiger partial charge in [0.25, 0.3) is 0 Å². The number of amides is 3. The topological polar surface area (TPSA) is 174 Å². The van der Waals surface area contributed by atoms with Gasteiger partial charge >= 0.3 is 11.9 Å². The van der Waals surface area contributed by atoms with Crippen molar-refractivity contribution in [2.75, 3.05) is 13.1 Å². The molecule has 3 atom stereocenters. The monoisotopic (exact) mass is 358 g/mol. The fraction of sp³-hybridized carbons (Fsp3) is 0.643. The lowest BCUT2D eigenvalue weighted by atomic mass is 10.1. The van der Waals surface area contributed by atoms with Crippen LogP contribution in [0.1, 0.15) is 26.2 Å². The van der Waals surface area contributed by atoms with E-state index in [2.05, 4.69) is 21.3 Å². The molecule has 11 nitrogen and oxygen atoms in total. The van der Waals surface area contributed by atoms with Crippen LogP contribution < -0.4 is 21.3 Å². The Bertz CT molecular complexity index is 545. The van der Waals surface area contributed by atoms with Gasteiger partial charge in [-0.15, -0.1) is 0 Å². The number of aliphatic carboxylic acids is 2. The molecule has 0 bridgehead atoms. The SMILES string of the molecule is CC(NC(=O)CNC(=O)C(CC(=O)O)NC(=O)C1CCCN1)C(=O)O. The van der Waals surface area contributed by atoms with Crippen LogP contribution in [0.25, 0.3) is 0 Å². The van der Waals surface area contributed by atoms with Crippen molar-refractivity contribution in [2.45, 2.75) is 44.3 Å². The zero-order valence-electron chi connectivity index (χ0n) is 13.7. The number of rotatable bonds is 9. The van der Waals surface area contributed by atoms with Crippen molar-refractivity contribution >= 4 is 29.7 Å². The lowest BCUT2D eigenvalue weighted by molar-refractivity contribution is -0.142. The van der Waals surface area contributed by atoms with E-state index >= 15 is 0 Å². The number of carbonyl (C=O) groups is 5. The summed E-state index contributed by atoms with van der Waals surface area (Å²) in [6.07, 6.45) is 0.746. The van der Waals surface area contributed by atoms with Crippen LogP contribution in [-0.4, -0.2) is 71.1 Å². The molecule has 0 spiro atoms.